The van der Waals surface area contributed by atoms with E-state index in [0.29, 0.717) is 12.2 Å². The van der Waals surface area contributed by atoms with Gasteiger partial charge >= 0.3 is 5.97 Å². The van der Waals surface area contributed by atoms with Gasteiger partial charge < -0.3 is 34.6 Å². The van der Waals surface area contributed by atoms with E-state index in [2.05, 4.69) is 12.2 Å². The Bertz CT molecular complexity index is 1140. The van der Waals surface area contributed by atoms with Gasteiger partial charge in [-0.2, -0.15) is 0 Å². The lowest BCUT2D eigenvalue weighted by atomic mass is 10.1. The average Bonchev–Trinajstić information content (AvgIpc) is 2.93. The minimum absolute atomic E-state index is 0.0490. The van der Waals surface area contributed by atoms with Crippen molar-refractivity contribution in [3.05, 3.63) is 47.5 Å². The normalized spacial score (nSPS) is 10.9. The van der Waals surface area contributed by atoms with Crippen LogP contribution in [0, 0.1) is 0 Å². The molecular formula is C29H38N2O8. The Kier molecular flexibility index (Phi) is 12.8. The van der Waals surface area contributed by atoms with Crippen molar-refractivity contribution in [1.29, 1.82) is 0 Å². The van der Waals surface area contributed by atoms with Crippen molar-refractivity contribution in [2.45, 2.75) is 45.4 Å². The Morgan fingerprint density at radius 2 is 1.64 bits per heavy atom. The molecule has 2 amide bonds. The molecule has 0 radical (unpaired) electrons. The summed E-state index contributed by atoms with van der Waals surface area (Å²) < 4.78 is 15.8. The summed E-state index contributed by atoms with van der Waals surface area (Å²) in [7, 11) is 4.23. The highest BCUT2D eigenvalue weighted by molar-refractivity contribution is 6.10. The highest BCUT2D eigenvalue weighted by Gasteiger charge is 2.23. The van der Waals surface area contributed by atoms with Gasteiger partial charge in [-0.3, -0.25) is 9.59 Å². The number of methoxy groups -OCH3 is 2. The highest BCUT2D eigenvalue weighted by Crippen LogP contribution is 2.37. The summed E-state index contributed by atoms with van der Waals surface area (Å²) in [6.07, 6.45) is 9.28. The zero-order valence-electron chi connectivity index (χ0n) is 23.0. The Morgan fingerprint density at radius 1 is 1.00 bits per heavy atom. The van der Waals surface area contributed by atoms with Crippen molar-refractivity contribution >= 4 is 35.2 Å². The minimum atomic E-state index is -1.24. The fourth-order valence-corrected chi connectivity index (χ4v) is 3.90. The van der Waals surface area contributed by atoms with E-state index in [-0.39, 0.29) is 40.8 Å². The van der Waals surface area contributed by atoms with Crippen molar-refractivity contribution in [3.8, 4) is 17.2 Å². The molecule has 0 saturated carbocycles. The largest absolute Gasteiger partial charge is 0.502 e. The van der Waals surface area contributed by atoms with E-state index in [9.17, 15) is 24.6 Å². The molecule has 2 aromatic rings. The van der Waals surface area contributed by atoms with Gasteiger partial charge in [0.15, 0.2) is 11.5 Å². The number of aromatic hydroxyl groups is 1. The molecule has 0 bridgehead atoms. The number of phenolic OH excluding ortho intramolecular Hbond substituents is 1. The number of hydrogen-bond acceptors (Lipinski definition) is 7. The molecule has 212 valence electrons. The monoisotopic (exact) mass is 542 g/mol. The third kappa shape index (κ3) is 9.33. The van der Waals surface area contributed by atoms with Crippen molar-refractivity contribution in [3.63, 3.8) is 0 Å². The topological polar surface area (TPSA) is 135 Å². The number of nitrogens with zero attached hydrogens (tertiary/aromatic N) is 1. The summed E-state index contributed by atoms with van der Waals surface area (Å²) in [5, 5.41) is 22.4. The number of amides is 2. The van der Waals surface area contributed by atoms with E-state index < -0.39 is 17.8 Å². The number of rotatable bonds is 16. The van der Waals surface area contributed by atoms with Gasteiger partial charge in [0.05, 0.1) is 31.2 Å². The molecule has 0 spiro atoms. The molecule has 2 rings (SSSR count). The van der Waals surface area contributed by atoms with Crippen LogP contribution in [0.15, 0.2) is 36.4 Å². The highest BCUT2D eigenvalue weighted by atomic mass is 16.5. The number of carbonyl (C=O) groups is 3. The Balaban J connectivity index is 2.12. The molecule has 3 N–H and O–H groups in total. The molecule has 0 saturated heterocycles. The van der Waals surface area contributed by atoms with Gasteiger partial charge in [-0.05, 0) is 42.3 Å². The molecule has 2 aromatic carbocycles. The quantitative estimate of drug-likeness (QED) is 0.197. The number of benzene rings is 2. The van der Waals surface area contributed by atoms with E-state index in [4.69, 9.17) is 14.2 Å². The maximum atomic E-state index is 12.8. The number of carbonyl (C=O) groups excluding carboxylic acids is 2. The molecule has 0 aliphatic rings. The second kappa shape index (κ2) is 16.0. The Hall–Kier alpha value is -4.05. The summed E-state index contributed by atoms with van der Waals surface area (Å²) in [5.41, 5.74) is 0.576. The van der Waals surface area contributed by atoms with Gasteiger partial charge in [0.25, 0.3) is 5.91 Å². The van der Waals surface area contributed by atoms with Crippen molar-refractivity contribution < 1.29 is 38.8 Å². The molecule has 0 atom stereocenters. The molecule has 39 heavy (non-hydrogen) atoms. The van der Waals surface area contributed by atoms with Crippen LogP contribution >= 0.6 is 0 Å². The van der Waals surface area contributed by atoms with Crippen LogP contribution in [0.4, 0.5) is 11.4 Å². The van der Waals surface area contributed by atoms with Crippen LogP contribution in [-0.2, 0) is 14.3 Å². The van der Waals surface area contributed by atoms with Crippen molar-refractivity contribution in [1.82, 2.24) is 0 Å². The number of hydrogen-bond donors (Lipinski definition) is 3. The molecule has 10 heteroatoms. The van der Waals surface area contributed by atoms with E-state index in [1.807, 2.05) is 0 Å². The summed E-state index contributed by atoms with van der Waals surface area (Å²) >= 11 is 0. The number of phenols is 1. The zero-order valence-corrected chi connectivity index (χ0v) is 23.0. The Morgan fingerprint density at radius 3 is 2.26 bits per heavy atom. The number of aromatic carboxylic acids is 1. The Labute approximate surface area is 229 Å². The first-order valence-electron chi connectivity index (χ1n) is 12.9. The van der Waals surface area contributed by atoms with Gasteiger partial charge in [0.1, 0.15) is 6.61 Å². The number of anilines is 2. The predicted octanol–water partition coefficient (Wildman–Crippen LogP) is 5.10. The number of ether oxygens (including phenoxy) is 3. The maximum Gasteiger partial charge on any atom is 0.337 e. The van der Waals surface area contributed by atoms with Crippen LogP contribution in [0.2, 0.25) is 0 Å². The molecule has 0 unspecified atom stereocenters. The molecule has 0 aliphatic carbocycles. The molecule has 0 aliphatic heterocycles. The first-order chi connectivity index (χ1) is 18.7. The average molecular weight is 543 g/mol. The summed E-state index contributed by atoms with van der Waals surface area (Å²) in [4.78, 5) is 38.7. The molecule has 0 fully saturated rings. The lowest BCUT2D eigenvalue weighted by Crippen LogP contribution is -2.32. The van der Waals surface area contributed by atoms with Crippen LogP contribution in [0.25, 0.3) is 6.08 Å². The SMILES string of the molecule is CCCCCCCCOCC(=O)N(C)c1c(NC(=O)C=Cc2cc(OC)c(O)c(OC)c2)cccc1C(=O)O. The number of carboxylic acid groups (broad SMARTS) is 1. The summed E-state index contributed by atoms with van der Waals surface area (Å²) in [6, 6.07) is 7.40. The fourth-order valence-electron chi connectivity index (χ4n) is 3.90. The second-order valence-electron chi connectivity index (χ2n) is 8.88. The van der Waals surface area contributed by atoms with E-state index in [1.165, 1.54) is 87.9 Å². The standard InChI is InChI=1S/C29H38N2O8/c1-5-6-7-8-9-10-16-39-19-26(33)31(2)27-21(29(35)36)12-11-13-22(27)30-25(32)15-14-20-17-23(37-3)28(34)24(18-20)38-4/h11-15,17-18,34H,5-10,16,19H2,1-4H3,(H,30,32)(H,35,36). The first-order valence-corrected chi connectivity index (χ1v) is 12.9. The van der Waals surface area contributed by atoms with Gasteiger partial charge in [-0.25, -0.2) is 4.79 Å². The van der Waals surface area contributed by atoms with Crippen LogP contribution in [0.5, 0.6) is 17.2 Å². The first kappa shape index (κ1) is 31.2. The minimum Gasteiger partial charge on any atom is -0.502 e. The zero-order chi connectivity index (χ0) is 28.8. The number of likely N-dealkylation sites (N-methyl/N-ethyl adjacent to an activating group) is 1. The lowest BCUT2D eigenvalue weighted by molar-refractivity contribution is -0.122. The molecule has 0 aromatic heterocycles. The van der Waals surface area contributed by atoms with E-state index in [0.717, 1.165) is 19.3 Å². The second-order valence-corrected chi connectivity index (χ2v) is 8.88. The van der Waals surface area contributed by atoms with Gasteiger partial charge in [-0.15, -0.1) is 0 Å². The third-order valence-electron chi connectivity index (χ3n) is 6.03. The van der Waals surface area contributed by atoms with Crippen molar-refractivity contribution in [2.75, 3.05) is 44.7 Å². The maximum absolute atomic E-state index is 12.8. The van der Waals surface area contributed by atoms with Crippen molar-refractivity contribution in [2.24, 2.45) is 0 Å². The van der Waals surface area contributed by atoms with Crippen LogP contribution in [-0.4, -0.2) is 62.5 Å². The number of carboxylic acids is 1. The van der Waals surface area contributed by atoms with E-state index >= 15 is 0 Å². The number of nitrogens with one attached hydrogen (secondary N) is 1. The summed E-state index contributed by atoms with van der Waals surface area (Å²) in [6.45, 7) is 2.39. The van der Waals surface area contributed by atoms with E-state index in [1.54, 1.807) is 0 Å². The smallest absolute Gasteiger partial charge is 0.337 e. The third-order valence-corrected chi connectivity index (χ3v) is 6.03. The molecule has 0 heterocycles. The predicted molar refractivity (Wildman–Crippen MR) is 150 cm³/mol. The van der Waals surface area contributed by atoms with Crippen LogP contribution < -0.4 is 19.7 Å². The number of para-hydroxylation sites is 1. The molecular weight excluding hydrogens is 504 g/mol. The van der Waals surface area contributed by atoms with Gasteiger partial charge in [0, 0.05) is 19.7 Å². The van der Waals surface area contributed by atoms with Crippen LogP contribution in [0.1, 0.15) is 61.4 Å². The molecule has 10 nitrogen and oxygen atoms in total. The van der Waals surface area contributed by atoms with Gasteiger partial charge in [0.2, 0.25) is 11.7 Å². The van der Waals surface area contributed by atoms with Crippen LogP contribution in [0.3, 0.4) is 0 Å². The fraction of sp³-hybridized carbons (Fsp3) is 0.414. The lowest BCUT2D eigenvalue weighted by Gasteiger charge is -2.23. The number of unbranched alkanes of at least 4 members (excludes halogenated alkanes) is 5. The van der Waals surface area contributed by atoms with Gasteiger partial charge in [-0.1, -0.05) is 45.1 Å². The summed E-state index contributed by atoms with van der Waals surface area (Å²) in [5.74, 6) is -2.07.